The number of para-hydroxylation sites is 1. The van der Waals surface area contributed by atoms with E-state index >= 15 is 0 Å². The van der Waals surface area contributed by atoms with E-state index in [0.717, 1.165) is 11.3 Å². The van der Waals surface area contributed by atoms with Crippen LogP contribution in [0.15, 0.2) is 84.9 Å². The van der Waals surface area contributed by atoms with E-state index in [1.54, 1.807) is 36.2 Å². The Morgan fingerprint density at radius 1 is 0.893 bits per heavy atom. The molecular formula is C23H21ClN2O2. The summed E-state index contributed by atoms with van der Waals surface area (Å²) in [6.07, 6.45) is 0.399. The number of likely N-dealkylation sites (N-methyl/N-ethyl adjacent to an activating group) is 1. The number of rotatable bonds is 6. The Morgan fingerprint density at radius 2 is 1.46 bits per heavy atom. The molecule has 0 bridgehead atoms. The third kappa shape index (κ3) is 4.99. The van der Waals surface area contributed by atoms with Gasteiger partial charge in [0.15, 0.2) is 0 Å². The van der Waals surface area contributed by atoms with Crippen LogP contribution in [0.2, 0.25) is 5.02 Å². The lowest BCUT2D eigenvalue weighted by molar-refractivity contribution is -0.120. The number of carbonyl (C=O) groups is 2. The van der Waals surface area contributed by atoms with Crippen LogP contribution in [0.25, 0.3) is 0 Å². The van der Waals surface area contributed by atoms with Gasteiger partial charge in [-0.1, -0.05) is 60.1 Å². The van der Waals surface area contributed by atoms with Crippen molar-refractivity contribution < 1.29 is 9.59 Å². The van der Waals surface area contributed by atoms with E-state index < -0.39 is 6.04 Å². The molecule has 4 nitrogen and oxygen atoms in total. The molecule has 1 atom stereocenters. The lowest BCUT2D eigenvalue weighted by Gasteiger charge is -2.25. The maximum atomic E-state index is 13.2. The topological polar surface area (TPSA) is 49.4 Å². The van der Waals surface area contributed by atoms with Gasteiger partial charge in [0.1, 0.15) is 6.04 Å². The summed E-state index contributed by atoms with van der Waals surface area (Å²) in [5, 5.41) is 3.43. The summed E-state index contributed by atoms with van der Waals surface area (Å²) in [4.78, 5) is 27.4. The fourth-order valence-corrected chi connectivity index (χ4v) is 3.03. The highest BCUT2D eigenvalue weighted by molar-refractivity contribution is 6.30. The van der Waals surface area contributed by atoms with Crippen molar-refractivity contribution >= 4 is 29.1 Å². The molecule has 0 radical (unpaired) electrons. The maximum Gasteiger partial charge on any atom is 0.251 e. The van der Waals surface area contributed by atoms with Gasteiger partial charge in [0.2, 0.25) is 5.91 Å². The van der Waals surface area contributed by atoms with E-state index in [2.05, 4.69) is 5.32 Å². The van der Waals surface area contributed by atoms with Gasteiger partial charge in [-0.25, -0.2) is 0 Å². The lowest BCUT2D eigenvalue weighted by atomic mass is 10.0. The molecule has 0 saturated carbocycles. The number of nitrogens with one attached hydrogen (secondary N) is 1. The minimum atomic E-state index is -0.698. The molecule has 0 saturated heterocycles. The van der Waals surface area contributed by atoms with Crippen molar-refractivity contribution in [3.05, 3.63) is 101 Å². The molecule has 28 heavy (non-hydrogen) atoms. The van der Waals surface area contributed by atoms with E-state index in [9.17, 15) is 9.59 Å². The minimum Gasteiger partial charge on any atom is -0.340 e. The molecule has 3 aromatic carbocycles. The second kappa shape index (κ2) is 9.20. The van der Waals surface area contributed by atoms with Gasteiger partial charge in [0.05, 0.1) is 0 Å². The van der Waals surface area contributed by atoms with Gasteiger partial charge in [-0.3, -0.25) is 9.59 Å². The Kier molecular flexibility index (Phi) is 6.45. The third-order valence-corrected chi connectivity index (χ3v) is 4.72. The second-order valence-corrected chi connectivity index (χ2v) is 6.89. The molecule has 5 heteroatoms. The van der Waals surface area contributed by atoms with Crippen LogP contribution in [0.1, 0.15) is 15.9 Å². The average Bonchev–Trinajstić information content (AvgIpc) is 2.74. The van der Waals surface area contributed by atoms with Crippen LogP contribution in [0.3, 0.4) is 0 Å². The number of hydrogen-bond acceptors (Lipinski definition) is 2. The van der Waals surface area contributed by atoms with Crippen molar-refractivity contribution in [2.75, 3.05) is 11.9 Å². The molecule has 0 spiro atoms. The fraction of sp³-hybridized carbons (Fsp3) is 0.130. The standard InChI is InChI=1S/C23H21ClN2O2/c1-26(20-10-6-3-7-11-20)23(28)21(16-17-8-4-2-5-9-17)25-22(27)18-12-14-19(24)15-13-18/h2-15,21H,16H2,1H3,(H,25,27). The summed E-state index contributed by atoms with van der Waals surface area (Å²) in [5.74, 6) is -0.496. The molecule has 3 rings (SSSR count). The van der Waals surface area contributed by atoms with Crippen LogP contribution >= 0.6 is 11.6 Å². The Balaban J connectivity index is 1.82. The number of benzene rings is 3. The highest BCUT2D eigenvalue weighted by Gasteiger charge is 2.25. The molecule has 3 aromatic rings. The van der Waals surface area contributed by atoms with Crippen molar-refractivity contribution in [3.8, 4) is 0 Å². The summed E-state index contributed by atoms with van der Waals surface area (Å²) in [6, 6.07) is 24.9. The van der Waals surface area contributed by atoms with Crippen LogP contribution in [-0.4, -0.2) is 24.9 Å². The number of amides is 2. The van der Waals surface area contributed by atoms with Crippen molar-refractivity contribution in [3.63, 3.8) is 0 Å². The van der Waals surface area contributed by atoms with E-state index in [1.165, 1.54) is 0 Å². The highest BCUT2D eigenvalue weighted by Crippen LogP contribution is 2.15. The SMILES string of the molecule is CN(C(=O)C(Cc1ccccc1)NC(=O)c1ccc(Cl)cc1)c1ccccc1. The number of hydrogen-bond donors (Lipinski definition) is 1. The molecule has 0 aromatic heterocycles. The maximum absolute atomic E-state index is 13.2. The zero-order valence-corrected chi connectivity index (χ0v) is 16.3. The number of anilines is 1. The van der Waals surface area contributed by atoms with Gasteiger partial charge in [-0.2, -0.15) is 0 Å². The quantitative estimate of drug-likeness (QED) is 0.678. The van der Waals surface area contributed by atoms with Gasteiger partial charge in [0, 0.05) is 29.7 Å². The fourth-order valence-electron chi connectivity index (χ4n) is 2.91. The Morgan fingerprint density at radius 3 is 2.07 bits per heavy atom. The minimum absolute atomic E-state index is 0.183. The summed E-state index contributed by atoms with van der Waals surface area (Å²) < 4.78 is 0. The summed E-state index contributed by atoms with van der Waals surface area (Å²) in [7, 11) is 1.71. The number of carbonyl (C=O) groups excluding carboxylic acids is 2. The number of nitrogens with zero attached hydrogens (tertiary/aromatic N) is 1. The molecule has 2 amide bonds. The lowest BCUT2D eigenvalue weighted by Crippen LogP contribution is -2.48. The van der Waals surface area contributed by atoms with Crippen LogP contribution in [0, 0.1) is 0 Å². The van der Waals surface area contributed by atoms with Crippen LogP contribution < -0.4 is 10.2 Å². The van der Waals surface area contributed by atoms with E-state index in [-0.39, 0.29) is 11.8 Å². The average molecular weight is 393 g/mol. The van der Waals surface area contributed by atoms with Crippen LogP contribution in [0.4, 0.5) is 5.69 Å². The highest BCUT2D eigenvalue weighted by atomic mass is 35.5. The Hall–Kier alpha value is -3.11. The summed E-state index contributed by atoms with van der Waals surface area (Å²) >= 11 is 5.90. The summed E-state index contributed by atoms with van der Waals surface area (Å²) in [5.41, 5.74) is 2.20. The van der Waals surface area contributed by atoms with Gasteiger partial charge in [0.25, 0.3) is 5.91 Å². The zero-order valence-electron chi connectivity index (χ0n) is 15.5. The molecule has 142 valence electrons. The molecule has 0 fully saturated rings. The van der Waals surface area contributed by atoms with Crippen molar-refractivity contribution in [1.29, 1.82) is 0 Å². The van der Waals surface area contributed by atoms with Crippen molar-refractivity contribution in [2.45, 2.75) is 12.5 Å². The van der Waals surface area contributed by atoms with Crippen molar-refractivity contribution in [2.24, 2.45) is 0 Å². The van der Waals surface area contributed by atoms with Crippen LogP contribution in [-0.2, 0) is 11.2 Å². The first kappa shape index (κ1) is 19.6. The van der Waals surface area contributed by atoms with Gasteiger partial charge in [-0.15, -0.1) is 0 Å². The largest absolute Gasteiger partial charge is 0.340 e. The normalized spacial score (nSPS) is 11.5. The monoisotopic (exact) mass is 392 g/mol. The smallest absolute Gasteiger partial charge is 0.251 e. The molecular weight excluding hydrogens is 372 g/mol. The molecule has 0 heterocycles. The Labute approximate surface area is 169 Å². The van der Waals surface area contributed by atoms with Crippen LogP contribution in [0.5, 0.6) is 0 Å². The zero-order chi connectivity index (χ0) is 19.9. The predicted octanol–water partition coefficient (Wildman–Crippen LogP) is 4.34. The number of halogens is 1. The van der Waals surface area contributed by atoms with Crippen molar-refractivity contribution in [1.82, 2.24) is 5.32 Å². The predicted molar refractivity (Wildman–Crippen MR) is 113 cm³/mol. The molecule has 1 unspecified atom stereocenters. The van der Waals surface area contributed by atoms with Gasteiger partial charge >= 0.3 is 0 Å². The molecule has 1 N–H and O–H groups in total. The molecule has 0 aliphatic rings. The first-order valence-electron chi connectivity index (χ1n) is 8.97. The second-order valence-electron chi connectivity index (χ2n) is 6.46. The van der Waals surface area contributed by atoms with E-state index in [0.29, 0.717) is 17.0 Å². The van der Waals surface area contributed by atoms with E-state index in [1.807, 2.05) is 60.7 Å². The molecule has 0 aliphatic carbocycles. The first-order chi connectivity index (χ1) is 13.5. The third-order valence-electron chi connectivity index (χ3n) is 4.47. The Bertz CT molecular complexity index is 928. The molecule has 0 aliphatic heterocycles. The first-order valence-corrected chi connectivity index (χ1v) is 9.35. The van der Waals surface area contributed by atoms with E-state index in [4.69, 9.17) is 11.6 Å². The summed E-state index contributed by atoms with van der Waals surface area (Å²) in [6.45, 7) is 0. The van der Waals surface area contributed by atoms with Gasteiger partial charge < -0.3 is 10.2 Å². The van der Waals surface area contributed by atoms with Gasteiger partial charge in [-0.05, 0) is 42.0 Å².